The number of unbranched alkanes of at least 4 members (excludes halogenated alkanes) is 11. The number of aromatic nitrogens is 1. The summed E-state index contributed by atoms with van der Waals surface area (Å²) in [6.45, 7) is 4.79. The summed E-state index contributed by atoms with van der Waals surface area (Å²) >= 11 is 0. The van der Waals surface area contributed by atoms with Gasteiger partial charge < -0.3 is 14.8 Å². The third-order valence-electron chi connectivity index (χ3n) is 4.94. The molecule has 144 valence electrons. The molecule has 0 aliphatic carbocycles. The molecule has 1 rings (SSSR count). The average molecular weight is 352 g/mol. The molecular weight excluding hydrogens is 314 g/mol. The van der Waals surface area contributed by atoms with E-state index in [0.717, 1.165) is 18.9 Å². The van der Waals surface area contributed by atoms with Crippen molar-refractivity contribution in [2.75, 3.05) is 0 Å². The number of nitrogens with zero attached hydrogens (tertiary/aromatic N) is 1. The largest absolute Gasteiger partial charge is 0.503 e. The highest BCUT2D eigenvalue weighted by Crippen LogP contribution is 2.20. The van der Waals surface area contributed by atoms with Crippen LogP contribution >= 0.6 is 0 Å². The molecule has 0 saturated heterocycles. The van der Waals surface area contributed by atoms with Crippen molar-refractivity contribution in [3.05, 3.63) is 22.0 Å². The molecule has 1 heterocycles. The monoisotopic (exact) mass is 351 g/mol. The first kappa shape index (κ1) is 21.6. The lowest BCUT2D eigenvalue weighted by molar-refractivity contribution is 0.380. The van der Waals surface area contributed by atoms with Crippen LogP contribution in [-0.4, -0.2) is 14.8 Å². The molecule has 1 aromatic heterocycles. The Kier molecular flexibility index (Phi) is 11.1. The van der Waals surface area contributed by atoms with Gasteiger partial charge in [0.1, 0.15) is 0 Å². The first-order valence-electron chi connectivity index (χ1n) is 10.3. The van der Waals surface area contributed by atoms with E-state index >= 15 is 0 Å². The van der Waals surface area contributed by atoms with Crippen molar-refractivity contribution in [2.24, 2.45) is 0 Å². The second-order valence-electron chi connectivity index (χ2n) is 7.06. The fourth-order valence-corrected chi connectivity index (χ4v) is 3.39. The fourth-order valence-electron chi connectivity index (χ4n) is 3.39. The van der Waals surface area contributed by atoms with Crippen LogP contribution in [-0.2, 0) is 13.0 Å². The molecule has 2 N–H and O–H groups in total. The fraction of sp³-hybridized carbons (Fsp3) is 0.762. The van der Waals surface area contributed by atoms with Crippen LogP contribution in [0.15, 0.2) is 10.9 Å². The SMILES string of the molecule is CCCCCCCCCCCCCCn1c(O)cc(=O)c(O)c1CC. The zero-order chi connectivity index (χ0) is 18.5. The highest BCUT2D eigenvalue weighted by molar-refractivity contribution is 5.31. The van der Waals surface area contributed by atoms with Crippen LogP contribution in [0, 0.1) is 0 Å². The summed E-state index contributed by atoms with van der Waals surface area (Å²) in [5, 5.41) is 19.8. The summed E-state index contributed by atoms with van der Waals surface area (Å²) in [6, 6.07) is 1.11. The summed E-state index contributed by atoms with van der Waals surface area (Å²) in [6.07, 6.45) is 16.0. The van der Waals surface area contributed by atoms with Crippen LogP contribution < -0.4 is 5.43 Å². The van der Waals surface area contributed by atoms with Gasteiger partial charge in [0.15, 0.2) is 11.6 Å². The predicted octanol–water partition coefficient (Wildman–Crippen LogP) is 5.52. The van der Waals surface area contributed by atoms with Crippen LogP contribution in [0.25, 0.3) is 0 Å². The van der Waals surface area contributed by atoms with Crippen molar-refractivity contribution in [1.82, 2.24) is 4.57 Å². The Bertz CT molecular complexity index is 537. The smallest absolute Gasteiger partial charge is 0.227 e. The zero-order valence-corrected chi connectivity index (χ0v) is 16.2. The molecule has 1 aromatic rings. The lowest BCUT2D eigenvalue weighted by Crippen LogP contribution is -2.13. The number of aromatic hydroxyl groups is 2. The third-order valence-corrected chi connectivity index (χ3v) is 4.94. The van der Waals surface area contributed by atoms with E-state index in [9.17, 15) is 15.0 Å². The molecule has 0 spiro atoms. The maximum Gasteiger partial charge on any atom is 0.227 e. The van der Waals surface area contributed by atoms with Gasteiger partial charge >= 0.3 is 0 Å². The van der Waals surface area contributed by atoms with Crippen molar-refractivity contribution >= 4 is 0 Å². The van der Waals surface area contributed by atoms with Crippen molar-refractivity contribution in [1.29, 1.82) is 0 Å². The summed E-state index contributed by atoms with van der Waals surface area (Å²) in [4.78, 5) is 11.5. The van der Waals surface area contributed by atoms with Crippen LogP contribution in [0.1, 0.15) is 96.6 Å². The molecule has 0 aromatic carbocycles. The number of hydrogen-bond acceptors (Lipinski definition) is 3. The van der Waals surface area contributed by atoms with Gasteiger partial charge in [-0.3, -0.25) is 4.79 Å². The van der Waals surface area contributed by atoms with E-state index < -0.39 is 5.43 Å². The van der Waals surface area contributed by atoms with Gasteiger partial charge in [0.05, 0.1) is 5.69 Å². The molecule has 0 unspecified atom stereocenters. The Labute approximate surface area is 152 Å². The second-order valence-corrected chi connectivity index (χ2v) is 7.06. The van der Waals surface area contributed by atoms with E-state index in [-0.39, 0.29) is 11.6 Å². The van der Waals surface area contributed by atoms with Crippen molar-refractivity contribution in [3.63, 3.8) is 0 Å². The van der Waals surface area contributed by atoms with Gasteiger partial charge in [0, 0.05) is 12.6 Å². The summed E-state index contributed by atoms with van der Waals surface area (Å²) in [5.41, 5.74) is 0.0355. The average Bonchev–Trinajstić information content (AvgIpc) is 2.60. The molecule has 0 amide bonds. The molecule has 0 bridgehead atoms. The highest BCUT2D eigenvalue weighted by atomic mass is 16.3. The Balaban J connectivity index is 2.14. The first-order valence-corrected chi connectivity index (χ1v) is 10.3. The highest BCUT2D eigenvalue weighted by Gasteiger charge is 2.12. The van der Waals surface area contributed by atoms with Gasteiger partial charge in [-0.05, 0) is 12.8 Å². The number of rotatable bonds is 14. The van der Waals surface area contributed by atoms with E-state index in [1.807, 2.05) is 6.92 Å². The van der Waals surface area contributed by atoms with E-state index in [2.05, 4.69) is 6.92 Å². The van der Waals surface area contributed by atoms with Gasteiger partial charge in [0.25, 0.3) is 0 Å². The Morgan fingerprint density at radius 2 is 1.28 bits per heavy atom. The molecule has 0 fully saturated rings. The minimum Gasteiger partial charge on any atom is -0.503 e. The molecular formula is C21H37NO3. The van der Waals surface area contributed by atoms with Crippen molar-refractivity contribution < 1.29 is 10.2 Å². The standard InChI is InChI=1S/C21H37NO3/c1-3-5-6-7-8-9-10-11-12-13-14-15-16-22-18(4-2)21(25)19(23)17-20(22)24/h17,24-25H,3-16H2,1-2H3. The molecule has 0 saturated carbocycles. The number of pyridine rings is 1. The van der Waals surface area contributed by atoms with E-state index in [4.69, 9.17) is 0 Å². The van der Waals surface area contributed by atoms with Gasteiger partial charge in [-0.15, -0.1) is 0 Å². The van der Waals surface area contributed by atoms with Crippen molar-refractivity contribution in [3.8, 4) is 11.6 Å². The minimum absolute atomic E-state index is 0.0391. The lowest BCUT2D eigenvalue weighted by atomic mass is 10.1. The molecule has 0 radical (unpaired) electrons. The Morgan fingerprint density at radius 1 is 0.800 bits per heavy atom. The second kappa shape index (κ2) is 12.8. The maximum absolute atomic E-state index is 11.5. The van der Waals surface area contributed by atoms with E-state index in [1.54, 1.807) is 4.57 Å². The van der Waals surface area contributed by atoms with E-state index in [1.165, 1.54) is 64.2 Å². The molecule has 0 atom stereocenters. The minimum atomic E-state index is -0.500. The van der Waals surface area contributed by atoms with Gasteiger partial charge in [0.2, 0.25) is 5.43 Å². The summed E-state index contributed by atoms with van der Waals surface area (Å²) in [7, 11) is 0. The van der Waals surface area contributed by atoms with Crippen LogP contribution in [0.2, 0.25) is 0 Å². The summed E-state index contributed by atoms with van der Waals surface area (Å²) in [5.74, 6) is -0.262. The lowest BCUT2D eigenvalue weighted by Gasteiger charge is -2.15. The van der Waals surface area contributed by atoms with Crippen LogP contribution in [0.5, 0.6) is 11.6 Å². The summed E-state index contributed by atoms with van der Waals surface area (Å²) < 4.78 is 1.67. The Hall–Kier alpha value is -1.45. The zero-order valence-electron chi connectivity index (χ0n) is 16.2. The molecule has 4 heteroatoms. The molecule has 4 nitrogen and oxygen atoms in total. The first-order chi connectivity index (χ1) is 12.1. The van der Waals surface area contributed by atoms with Crippen LogP contribution in [0.3, 0.4) is 0 Å². The quantitative estimate of drug-likeness (QED) is 0.434. The molecule has 0 aliphatic rings. The molecule has 0 aliphatic heterocycles. The Morgan fingerprint density at radius 3 is 1.76 bits per heavy atom. The van der Waals surface area contributed by atoms with Gasteiger partial charge in [-0.2, -0.15) is 0 Å². The third kappa shape index (κ3) is 7.98. The van der Waals surface area contributed by atoms with Gasteiger partial charge in [-0.1, -0.05) is 84.5 Å². The number of hydrogen-bond donors (Lipinski definition) is 2. The molecule has 25 heavy (non-hydrogen) atoms. The van der Waals surface area contributed by atoms with E-state index in [0.29, 0.717) is 18.7 Å². The normalized spacial score (nSPS) is 11.1. The van der Waals surface area contributed by atoms with Crippen molar-refractivity contribution in [2.45, 2.75) is 104 Å². The maximum atomic E-state index is 11.5. The van der Waals surface area contributed by atoms with Gasteiger partial charge in [-0.25, -0.2) is 0 Å². The topological polar surface area (TPSA) is 62.5 Å². The van der Waals surface area contributed by atoms with Crippen LogP contribution in [0.4, 0.5) is 0 Å². The predicted molar refractivity (Wildman–Crippen MR) is 104 cm³/mol.